The summed E-state index contributed by atoms with van der Waals surface area (Å²) < 4.78 is 51.4. The van der Waals surface area contributed by atoms with Gasteiger partial charge in [0.15, 0.2) is 0 Å². The van der Waals surface area contributed by atoms with Gasteiger partial charge in [-0.3, -0.25) is 0 Å². The maximum atomic E-state index is 13.8. The number of anilines is 1. The minimum Gasteiger partial charge on any atom is -0.366 e. The van der Waals surface area contributed by atoms with Gasteiger partial charge in [0.2, 0.25) is 0 Å². The Bertz CT molecular complexity index is 611. The first-order valence-electron chi connectivity index (χ1n) is 5.76. The van der Waals surface area contributed by atoms with Crippen molar-refractivity contribution < 1.29 is 17.6 Å². The second-order valence-electron chi connectivity index (χ2n) is 4.12. The molecule has 106 valence electrons. The van der Waals surface area contributed by atoms with Crippen molar-refractivity contribution in [3.63, 3.8) is 0 Å². The minimum absolute atomic E-state index is 0.0731. The molecule has 0 unspecified atom stereocenters. The third kappa shape index (κ3) is 3.23. The van der Waals surface area contributed by atoms with Crippen LogP contribution >= 0.6 is 0 Å². The van der Waals surface area contributed by atoms with Gasteiger partial charge >= 0.3 is 6.18 Å². The fraction of sp³-hybridized carbons (Fsp3) is 0.231. The molecule has 0 aliphatic heterocycles. The molecule has 0 aliphatic carbocycles. The number of hydrogen-bond acceptors (Lipinski definition) is 3. The quantitative estimate of drug-likeness (QED) is 0.876. The fourth-order valence-electron chi connectivity index (χ4n) is 1.68. The van der Waals surface area contributed by atoms with Gasteiger partial charge < -0.3 is 5.32 Å². The lowest BCUT2D eigenvalue weighted by atomic mass is 10.1. The van der Waals surface area contributed by atoms with Crippen LogP contribution in [0, 0.1) is 12.7 Å². The molecule has 1 heterocycles. The summed E-state index contributed by atoms with van der Waals surface area (Å²) >= 11 is 0. The number of alkyl halides is 3. The zero-order valence-corrected chi connectivity index (χ0v) is 10.5. The highest BCUT2D eigenvalue weighted by molar-refractivity contribution is 5.36. The van der Waals surface area contributed by atoms with Gasteiger partial charge in [-0.25, -0.2) is 14.4 Å². The van der Waals surface area contributed by atoms with E-state index in [9.17, 15) is 17.6 Å². The Kier molecular flexibility index (Phi) is 3.87. The summed E-state index contributed by atoms with van der Waals surface area (Å²) in [5, 5.41) is 2.76. The van der Waals surface area contributed by atoms with Gasteiger partial charge in [-0.2, -0.15) is 13.2 Å². The molecule has 0 amide bonds. The van der Waals surface area contributed by atoms with Crippen molar-refractivity contribution in [3.8, 4) is 0 Å². The van der Waals surface area contributed by atoms with Gasteiger partial charge in [-0.05, 0) is 19.1 Å². The molecule has 0 fully saturated rings. The van der Waals surface area contributed by atoms with Crippen LogP contribution in [0.3, 0.4) is 0 Å². The van der Waals surface area contributed by atoms with Crippen LogP contribution in [0.2, 0.25) is 0 Å². The van der Waals surface area contributed by atoms with Crippen molar-refractivity contribution in [2.24, 2.45) is 0 Å². The summed E-state index contributed by atoms with van der Waals surface area (Å²) in [4.78, 5) is 7.91. The number of nitrogens with one attached hydrogen (secondary N) is 1. The lowest BCUT2D eigenvalue weighted by molar-refractivity contribution is -0.140. The van der Waals surface area contributed by atoms with Gasteiger partial charge in [-0.15, -0.1) is 0 Å². The summed E-state index contributed by atoms with van der Waals surface area (Å²) in [7, 11) is 0. The second kappa shape index (κ2) is 5.44. The zero-order chi connectivity index (χ0) is 14.8. The van der Waals surface area contributed by atoms with Crippen LogP contribution in [-0.2, 0) is 12.7 Å². The van der Waals surface area contributed by atoms with E-state index in [2.05, 4.69) is 15.3 Å². The van der Waals surface area contributed by atoms with Gasteiger partial charge in [-0.1, -0.05) is 12.1 Å². The molecule has 2 aromatic rings. The van der Waals surface area contributed by atoms with Crippen LogP contribution in [0.15, 0.2) is 30.5 Å². The highest BCUT2D eigenvalue weighted by atomic mass is 19.4. The summed E-state index contributed by atoms with van der Waals surface area (Å²) in [6, 6.07) is 4.74. The van der Waals surface area contributed by atoms with Crippen molar-refractivity contribution in [1.82, 2.24) is 9.97 Å². The third-order valence-electron chi connectivity index (χ3n) is 2.62. The lowest BCUT2D eigenvalue weighted by Gasteiger charge is -2.12. The Morgan fingerprint density at radius 2 is 1.95 bits per heavy atom. The smallest absolute Gasteiger partial charge is 0.366 e. The van der Waals surface area contributed by atoms with Crippen molar-refractivity contribution >= 4 is 5.82 Å². The average molecular weight is 285 g/mol. The van der Waals surface area contributed by atoms with Crippen molar-refractivity contribution in [1.29, 1.82) is 0 Å². The molecule has 1 aromatic carbocycles. The maximum absolute atomic E-state index is 13.8. The number of rotatable bonds is 3. The number of hydrogen-bond donors (Lipinski definition) is 1. The molecule has 2 rings (SSSR count). The first kappa shape index (κ1) is 14.2. The number of benzene rings is 1. The molecule has 3 nitrogen and oxygen atoms in total. The molecule has 7 heteroatoms. The minimum atomic E-state index is -4.70. The van der Waals surface area contributed by atoms with E-state index in [1.165, 1.54) is 18.3 Å². The van der Waals surface area contributed by atoms with E-state index in [1.54, 1.807) is 13.0 Å². The van der Waals surface area contributed by atoms with E-state index in [-0.39, 0.29) is 12.1 Å². The van der Waals surface area contributed by atoms with Crippen molar-refractivity contribution in [3.05, 3.63) is 53.2 Å². The Morgan fingerprint density at radius 3 is 2.60 bits per heavy atom. The van der Waals surface area contributed by atoms with Gasteiger partial charge in [0.1, 0.15) is 17.5 Å². The molecule has 0 spiro atoms. The average Bonchev–Trinajstić information content (AvgIpc) is 2.36. The van der Waals surface area contributed by atoms with Crippen LogP contribution in [-0.4, -0.2) is 9.97 Å². The molecule has 0 bridgehead atoms. The SMILES string of the molecule is Cc1nccc(NCc2cccc(C(F)(F)F)c2F)n1. The first-order valence-corrected chi connectivity index (χ1v) is 5.76. The van der Waals surface area contributed by atoms with Crippen LogP contribution in [0.5, 0.6) is 0 Å². The summed E-state index contributed by atoms with van der Waals surface area (Å²) in [5.74, 6) is -0.327. The largest absolute Gasteiger partial charge is 0.419 e. The monoisotopic (exact) mass is 285 g/mol. The topological polar surface area (TPSA) is 37.8 Å². The third-order valence-corrected chi connectivity index (χ3v) is 2.62. The predicted octanol–water partition coefficient (Wildman–Crippen LogP) is 3.56. The second-order valence-corrected chi connectivity index (χ2v) is 4.12. The molecular weight excluding hydrogens is 274 g/mol. The molecule has 0 aliphatic rings. The Hall–Kier alpha value is -2.18. The molecular formula is C13H11F4N3. The summed E-state index contributed by atoms with van der Waals surface area (Å²) in [6.45, 7) is 1.59. The van der Waals surface area contributed by atoms with Gasteiger partial charge in [0, 0.05) is 18.3 Å². The Labute approximate surface area is 112 Å². The van der Waals surface area contributed by atoms with Crippen LogP contribution in [0.25, 0.3) is 0 Å². The van der Waals surface area contributed by atoms with Crippen molar-refractivity contribution in [2.75, 3.05) is 5.32 Å². The normalized spacial score (nSPS) is 11.4. The standard InChI is InChI=1S/C13H11F4N3/c1-8-18-6-5-11(20-8)19-7-9-3-2-4-10(12(9)14)13(15,16)17/h2-6H,7H2,1H3,(H,18,19,20). The first-order chi connectivity index (χ1) is 9.38. The molecule has 0 atom stereocenters. The number of aromatic nitrogens is 2. The Balaban J connectivity index is 2.18. The molecule has 0 radical (unpaired) electrons. The number of halogens is 4. The maximum Gasteiger partial charge on any atom is 0.419 e. The van der Waals surface area contributed by atoms with E-state index in [1.807, 2.05) is 0 Å². The number of nitrogens with zero attached hydrogens (tertiary/aromatic N) is 2. The predicted molar refractivity (Wildman–Crippen MR) is 65.5 cm³/mol. The Morgan fingerprint density at radius 1 is 1.20 bits per heavy atom. The summed E-state index contributed by atoms with van der Waals surface area (Å²) in [6.07, 6.45) is -3.20. The fourth-order valence-corrected chi connectivity index (χ4v) is 1.68. The van der Waals surface area contributed by atoms with Crippen LogP contribution in [0.1, 0.15) is 17.0 Å². The van der Waals surface area contributed by atoms with E-state index >= 15 is 0 Å². The molecule has 1 aromatic heterocycles. The summed E-state index contributed by atoms with van der Waals surface area (Å²) in [5.41, 5.74) is -1.34. The molecule has 0 saturated carbocycles. The van der Waals surface area contributed by atoms with E-state index < -0.39 is 17.6 Å². The zero-order valence-electron chi connectivity index (χ0n) is 10.5. The van der Waals surface area contributed by atoms with E-state index in [0.29, 0.717) is 17.7 Å². The van der Waals surface area contributed by atoms with Gasteiger partial charge in [0.25, 0.3) is 0 Å². The highest BCUT2D eigenvalue weighted by Gasteiger charge is 2.34. The van der Waals surface area contributed by atoms with E-state index in [4.69, 9.17) is 0 Å². The molecule has 0 saturated heterocycles. The number of aryl methyl sites for hydroxylation is 1. The van der Waals surface area contributed by atoms with E-state index in [0.717, 1.165) is 0 Å². The molecule has 1 N–H and O–H groups in total. The lowest BCUT2D eigenvalue weighted by Crippen LogP contribution is -2.12. The van der Waals surface area contributed by atoms with Crippen LogP contribution < -0.4 is 5.32 Å². The molecule has 20 heavy (non-hydrogen) atoms. The van der Waals surface area contributed by atoms with Crippen LogP contribution in [0.4, 0.5) is 23.4 Å². The van der Waals surface area contributed by atoms with Gasteiger partial charge in [0.05, 0.1) is 5.56 Å². The van der Waals surface area contributed by atoms with Crippen molar-refractivity contribution in [2.45, 2.75) is 19.6 Å². The highest BCUT2D eigenvalue weighted by Crippen LogP contribution is 2.32.